The lowest BCUT2D eigenvalue weighted by molar-refractivity contribution is 0.540. The Balaban J connectivity index is 2.43. The van der Waals surface area contributed by atoms with Crippen molar-refractivity contribution in [3.8, 4) is 0 Å². The normalized spacial score (nSPS) is 18.4. The van der Waals surface area contributed by atoms with Gasteiger partial charge in [0, 0.05) is 12.1 Å². The molecule has 0 unspecified atom stereocenters. The van der Waals surface area contributed by atoms with Crippen LogP contribution in [-0.2, 0) is 0 Å². The van der Waals surface area contributed by atoms with Gasteiger partial charge >= 0.3 is 0 Å². The summed E-state index contributed by atoms with van der Waals surface area (Å²) in [7, 11) is 0. The second kappa shape index (κ2) is 3.40. The lowest BCUT2D eigenvalue weighted by Gasteiger charge is -2.25. The van der Waals surface area contributed by atoms with Crippen LogP contribution in [0.4, 0.5) is 15.8 Å². The summed E-state index contributed by atoms with van der Waals surface area (Å²) in [4.78, 5) is 0. The van der Waals surface area contributed by atoms with E-state index in [9.17, 15) is 4.39 Å². The van der Waals surface area contributed by atoms with Crippen molar-refractivity contribution in [3.63, 3.8) is 0 Å². The fourth-order valence-corrected chi connectivity index (χ4v) is 1.87. The standard InChI is InChI=1S/C12H17FN2/c1-8-6-11-10(7-9(8)13)14-5-4-12(2,3)15-11/h6-7,14-15H,4-5H2,1-3H3. The van der Waals surface area contributed by atoms with Crippen molar-refractivity contribution in [1.29, 1.82) is 0 Å². The summed E-state index contributed by atoms with van der Waals surface area (Å²) in [5, 5.41) is 6.68. The van der Waals surface area contributed by atoms with Crippen LogP contribution in [-0.4, -0.2) is 12.1 Å². The van der Waals surface area contributed by atoms with Gasteiger partial charge in [0.25, 0.3) is 0 Å². The highest BCUT2D eigenvalue weighted by Gasteiger charge is 2.22. The molecule has 3 heteroatoms. The summed E-state index contributed by atoms with van der Waals surface area (Å²) < 4.78 is 13.4. The number of rotatable bonds is 0. The molecule has 2 rings (SSSR count). The molecule has 0 saturated heterocycles. The van der Waals surface area contributed by atoms with Crippen LogP contribution in [0.3, 0.4) is 0 Å². The minimum Gasteiger partial charge on any atom is -0.383 e. The first kappa shape index (κ1) is 10.3. The monoisotopic (exact) mass is 208 g/mol. The highest BCUT2D eigenvalue weighted by molar-refractivity contribution is 5.71. The third-order valence-corrected chi connectivity index (χ3v) is 2.84. The molecule has 0 atom stereocenters. The summed E-state index contributed by atoms with van der Waals surface area (Å²) >= 11 is 0. The van der Waals surface area contributed by atoms with Crippen LogP contribution in [0.25, 0.3) is 0 Å². The molecule has 1 aromatic rings. The van der Waals surface area contributed by atoms with Gasteiger partial charge in [-0.25, -0.2) is 4.39 Å². The molecule has 0 aliphatic carbocycles. The van der Waals surface area contributed by atoms with Gasteiger partial charge in [0.2, 0.25) is 0 Å². The molecule has 0 fully saturated rings. The topological polar surface area (TPSA) is 24.1 Å². The average molecular weight is 208 g/mol. The molecule has 0 amide bonds. The maximum atomic E-state index is 13.4. The van der Waals surface area contributed by atoms with Gasteiger partial charge in [-0.3, -0.25) is 0 Å². The van der Waals surface area contributed by atoms with Crippen molar-refractivity contribution in [2.75, 3.05) is 17.2 Å². The van der Waals surface area contributed by atoms with Crippen molar-refractivity contribution in [2.45, 2.75) is 32.7 Å². The van der Waals surface area contributed by atoms with Crippen molar-refractivity contribution >= 4 is 11.4 Å². The van der Waals surface area contributed by atoms with Crippen LogP contribution in [0.15, 0.2) is 12.1 Å². The molecule has 0 spiro atoms. The van der Waals surface area contributed by atoms with E-state index >= 15 is 0 Å². The zero-order valence-electron chi connectivity index (χ0n) is 9.45. The van der Waals surface area contributed by atoms with Gasteiger partial charge < -0.3 is 10.6 Å². The van der Waals surface area contributed by atoms with E-state index in [0.717, 1.165) is 24.3 Å². The van der Waals surface area contributed by atoms with Crippen LogP contribution in [0.5, 0.6) is 0 Å². The molecule has 2 nitrogen and oxygen atoms in total. The van der Waals surface area contributed by atoms with E-state index in [-0.39, 0.29) is 11.4 Å². The quantitative estimate of drug-likeness (QED) is 0.684. The van der Waals surface area contributed by atoms with E-state index < -0.39 is 0 Å². The number of hydrogen-bond acceptors (Lipinski definition) is 2. The molecule has 1 aliphatic heterocycles. The molecule has 1 aromatic carbocycles. The van der Waals surface area contributed by atoms with E-state index in [2.05, 4.69) is 24.5 Å². The summed E-state index contributed by atoms with van der Waals surface area (Å²) in [6.07, 6.45) is 1.02. The predicted molar refractivity (Wildman–Crippen MR) is 61.9 cm³/mol. The average Bonchev–Trinajstić information content (AvgIpc) is 2.24. The minimum absolute atomic E-state index is 0.0581. The Morgan fingerprint density at radius 3 is 2.73 bits per heavy atom. The summed E-state index contributed by atoms with van der Waals surface area (Å²) in [5.41, 5.74) is 2.60. The van der Waals surface area contributed by atoms with Gasteiger partial charge in [-0.05, 0) is 44.9 Å². The maximum absolute atomic E-state index is 13.4. The molecule has 1 heterocycles. The molecule has 0 aromatic heterocycles. The lowest BCUT2D eigenvalue weighted by Crippen LogP contribution is -2.30. The van der Waals surface area contributed by atoms with Crippen LogP contribution < -0.4 is 10.6 Å². The number of hydrogen-bond donors (Lipinski definition) is 2. The summed E-state index contributed by atoms with van der Waals surface area (Å²) in [6.45, 7) is 6.97. The zero-order valence-corrected chi connectivity index (χ0v) is 9.45. The Hall–Kier alpha value is -1.25. The Kier molecular flexibility index (Phi) is 2.33. The number of nitrogens with one attached hydrogen (secondary N) is 2. The molecule has 2 N–H and O–H groups in total. The number of anilines is 2. The Labute approximate surface area is 89.9 Å². The fourth-order valence-electron chi connectivity index (χ4n) is 1.87. The van der Waals surface area contributed by atoms with Gasteiger partial charge in [-0.2, -0.15) is 0 Å². The Morgan fingerprint density at radius 2 is 2.00 bits per heavy atom. The first-order valence-corrected chi connectivity index (χ1v) is 5.30. The van der Waals surface area contributed by atoms with Crippen LogP contribution in [0.2, 0.25) is 0 Å². The van der Waals surface area contributed by atoms with Crippen molar-refractivity contribution in [1.82, 2.24) is 0 Å². The number of halogens is 1. The van der Waals surface area contributed by atoms with E-state index in [1.165, 1.54) is 0 Å². The Bertz CT molecular complexity index is 385. The van der Waals surface area contributed by atoms with Gasteiger partial charge in [0.05, 0.1) is 11.4 Å². The van der Waals surface area contributed by atoms with E-state index in [0.29, 0.717) is 5.56 Å². The van der Waals surface area contributed by atoms with Gasteiger partial charge in [0.15, 0.2) is 0 Å². The fraction of sp³-hybridized carbons (Fsp3) is 0.500. The van der Waals surface area contributed by atoms with Gasteiger partial charge in [-0.15, -0.1) is 0 Å². The first-order chi connectivity index (χ1) is 6.98. The molecule has 0 saturated carbocycles. The van der Waals surface area contributed by atoms with E-state index in [1.54, 1.807) is 13.0 Å². The molecular formula is C12H17FN2. The van der Waals surface area contributed by atoms with Crippen LogP contribution in [0, 0.1) is 12.7 Å². The molecule has 1 aliphatic rings. The number of benzene rings is 1. The molecular weight excluding hydrogens is 191 g/mol. The third-order valence-electron chi connectivity index (χ3n) is 2.84. The first-order valence-electron chi connectivity index (χ1n) is 5.30. The maximum Gasteiger partial charge on any atom is 0.128 e. The van der Waals surface area contributed by atoms with Gasteiger partial charge in [0.1, 0.15) is 5.82 Å². The highest BCUT2D eigenvalue weighted by atomic mass is 19.1. The molecule has 15 heavy (non-hydrogen) atoms. The zero-order chi connectivity index (χ0) is 11.1. The Morgan fingerprint density at radius 1 is 1.27 bits per heavy atom. The smallest absolute Gasteiger partial charge is 0.128 e. The lowest BCUT2D eigenvalue weighted by atomic mass is 10.0. The number of aryl methyl sites for hydroxylation is 1. The van der Waals surface area contributed by atoms with Crippen LogP contribution in [0.1, 0.15) is 25.8 Å². The molecule has 0 bridgehead atoms. The van der Waals surface area contributed by atoms with Crippen molar-refractivity contribution < 1.29 is 4.39 Å². The SMILES string of the molecule is Cc1cc2c(cc1F)NCCC(C)(C)N2. The third kappa shape index (κ3) is 2.06. The summed E-state index contributed by atoms with van der Waals surface area (Å²) in [5.74, 6) is -0.150. The predicted octanol–water partition coefficient (Wildman–Crippen LogP) is 3.14. The van der Waals surface area contributed by atoms with Crippen molar-refractivity contribution in [2.24, 2.45) is 0 Å². The summed E-state index contributed by atoms with van der Waals surface area (Å²) in [6, 6.07) is 3.43. The molecule has 0 radical (unpaired) electrons. The second-order valence-electron chi connectivity index (χ2n) is 4.83. The number of fused-ring (bicyclic) bond motifs is 1. The van der Waals surface area contributed by atoms with Crippen molar-refractivity contribution in [3.05, 3.63) is 23.5 Å². The highest BCUT2D eigenvalue weighted by Crippen LogP contribution is 2.31. The van der Waals surface area contributed by atoms with Crippen LogP contribution >= 0.6 is 0 Å². The minimum atomic E-state index is -0.150. The van der Waals surface area contributed by atoms with E-state index in [1.807, 2.05) is 6.07 Å². The van der Waals surface area contributed by atoms with E-state index in [4.69, 9.17) is 0 Å². The largest absolute Gasteiger partial charge is 0.383 e. The second-order valence-corrected chi connectivity index (χ2v) is 4.83. The van der Waals surface area contributed by atoms with Gasteiger partial charge in [-0.1, -0.05) is 0 Å². The molecule has 82 valence electrons.